The quantitative estimate of drug-likeness (QED) is 0.666. The second-order valence-electron chi connectivity index (χ2n) is 5.38. The van der Waals surface area contributed by atoms with E-state index in [9.17, 15) is 4.79 Å². The molecule has 0 radical (unpaired) electrons. The van der Waals surface area contributed by atoms with Crippen molar-refractivity contribution in [3.8, 4) is 5.75 Å². The Labute approximate surface area is 130 Å². The fraction of sp³-hybridized carbons (Fsp3) is 0.562. The zero-order valence-corrected chi connectivity index (χ0v) is 13.4. The van der Waals surface area contributed by atoms with E-state index < -0.39 is 0 Å². The van der Waals surface area contributed by atoms with Crippen molar-refractivity contribution in [2.45, 2.75) is 52.1 Å². The lowest BCUT2D eigenvalue weighted by Crippen LogP contribution is -2.21. The summed E-state index contributed by atoms with van der Waals surface area (Å²) in [5.74, 6) is 1.15. The molecule has 0 amide bonds. The van der Waals surface area contributed by atoms with Crippen LogP contribution in [0.4, 0.5) is 0 Å². The van der Waals surface area contributed by atoms with E-state index in [0.717, 1.165) is 0 Å². The summed E-state index contributed by atoms with van der Waals surface area (Å²) in [6, 6.07) is 3.46. The molecule has 1 saturated carbocycles. The normalized spacial score (nSPS) is 17.2. The highest BCUT2D eigenvalue weighted by atomic mass is 35.5. The summed E-state index contributed by atoms with van der Waals surface area (Å²) >= 11 is 12.4. The molecule has 1 aromatic carbocycles. The number of carbonyl (C=O) groups excluding carboxylic acids is 1. The summed E-state index contributed by atoms with van der Waals surface area (Å²) in [4.78, 5) is 11.7. The van der Waals surface area contributed by atoms with Gasteiger partial charge in [0.05, 0.1) is 11.1 Å². The van der Waals surface area contributed by atoms with Gasteiger partial charge in [-0.2, -0.15) is 0 Å². The lowest BCUT2D eigenvalue weighted by Gasteiger charge is -2.22. The van der Waals surface area contributed by atoms with Crippen molar-refractivity contribution in [2.24, 2.45) is 5.92 Å². The van der Waals surface area contributed by atoms with Gasteiger partial charge < -0.3 is 4.74 Å². The number of carbonyl (C=O) groups is 1. The van der Waals surface area contributed by atoms with Gasteiger partial charge in [0.25, 0.3) is 0 Å². The first-order valence-electron chi connectivity index (χ1n) is 7.22. The molecule has 0 N–H and O–H groups in total. The summed E-state index contributed by atoms with van der Waals surface area (Å²) in [6.07, 6.45) is 5.50. The molecule has 2 nitrogen and oxygen atoms in total. The van der Waals surface area contributed by atoms with E-state index in [2.05, 4.69) is 6.92 Å². The fourth-order valence-corrected chi connectivity index (χ4v) is 3.22. The van der Waals surface area contributed by atoms with Crippen LogP contribution in [0.25, 0.3) is 0 Å². The molecule has 20 heavy (non-hydrogen) atoms. The molecule has 0 aliphatic heterocycles. The van der Waals surface area contributed by atoms with Crippen molar-refractivity contribution in [2.75, 3.05) is 0 Å². The van der Waals surface area contributed by atoms with Crippen LogP contribution >= 0.6 is 23.2 Å². The second-order valence-corrected chi connectivity index (χ2v) is 6.14. The predicted molar refractivity (Wildman–Crippen MR) is 83.1 cm³/mol. The monoisotopic (exact) mass is 314 g/mol. The van der Waals surface area contributed by atoms with Crippen LogP contribution in [-0.4, -0.2) is 11.9 Å². The van der Waals surface area contributed by atoms with Gasteiger partial charge >= 0.3 is 0 Å². The van der Waals surface area contributed by atoms with Crippen LogP contribution in [0.15, 0.2) is 12.1 Å². The summed E-state index contributed by atoms with van der Waals surface area (Å²) in [7, 11) is 0. The molecule has 1 atom stereocenters. The highest BCUT2D eigenvalue weighted by Gasteiger charge is 2.24. The predicted octanol–water partition coefficient (Wildman–Crippen LogP) is 5.54. The number of hydrogen-bond acceptors (Lipinski definition) is 2. The Morgan fingerprint density at radius 2 is 1.95 bits per heavy atom. The minimum absolute atomic E-state index is 0.00714. The van der Waals surface area contributed by atoms with Gasteiger partial charge in [-0.1, -0.05) is 43.0 Å². The van der Waals surface area contributed by atoms with Crippen molar-refractivity contribution in [1.29, 1.82) is 0 Å². The van der Waals surface area contributed by atoms with Crippen molar-refractivity contribution >= 4 is 29.0 Å². The van der Waals surface area contributed by atoms with Crippen molar-refractivity contribution < 1.29 is 9.53 Å². The first kappa shape index (κ1) is 15.7. The summed E-state index contributed by atoms with van der Waals surface area (Å²) in [5, 5.41) is 0.644. The van der Waals surface area contributed by atoms with Gasteiger partial charge in [0.2, 0.25) is 0 Å². The fourth-order valence-electron chi connectivity index (χ4n) is 2.75. The van der Waals surface area contributed by atoms with Crippen LogP contribution in [0.2, 0.25) is 10.0 Å². The number of ether oxygens (including phenoxy) is 1. The highest BCUT2D eigenvalue weighted by Crippen LogP contribution is 2.37. The molecule has 1 aliphatic rings. The maximum absolute atomic E-state index is 11.7. The van der Waals surface area contributed by atoms with Gasteiger partial charge in [-0.25, -0.2) is 0 Å². The number of halogens is 2. The van der Waals surface area contributed by atoms with Gasteiger partial charge in [0, 0.05) is 12.0 Å². The summed E-state index contributed by atoms with van der Waals surface area (Å²) in [5.41, 5.74) is 0.472. The maximum atomic E-state index is 11.7. The van der Waals surface area contributed by atoms with Crippen LogP contribution in [0.5, 0.6) is 5.75 Å². The van der Waals surface area contributed by atoms with Gasteiger partial charge in [-0.05, 0) is 37.8 Å². The smallest absolute Gasteiger partial charge is 0.164 e. The number of Topliss-reactive ketones (excluding diaryl/α,β-unsaturated/α-hetero) is 1. The minimum Gasteiger partial charge on any atom is -0.489 e. The van der Waals surface area contributed by atoms with Crippen molar-refractivity contribution in [3.63, 3.8) is 0 Å². The molecule has 1 fully saturated rings. The molecular weight excluding hydrogens is 295 g/mol. The molecule has 0 bridgehead atoms. The number of rotatable bonds is 5. The van der Waals surface area contributed by atoms with Gasteiger partial charge in [-0.15, -0.1) is 0 Å². The molecule has 1 unspecified atom stereocenters. The van der Waals surface area contributed by atoms with E-state index in [1.807, 2.05) is 0 Å². The number of hydrogen-bond donors (Lipinski definition) is 0. The maximum Gasteiger partial charge on any atom is 0.164 e. The van der Waals surface area contributed by atoms with E-state index in [1.54, 1.807) is 19.1 Å². The Morgan fingerprint density at radius 1 is 1.30 bits per heavy atom. The third-order valence-electron chi connectivity index (χ3n) is 4.04. The lowest BCUT2D eigenvalue weighted by atomic mass is 10.0. The Balaban J connectivity index is 2.16. The Bertz CT molecular complexity index is 493. The molecule has 0 aromatic heterocycles. The highest BCUT2D eigenvalue weighted by molar-refractivity contribution is 6.44. The zero-order valence-electron chi connectivity index (χ0n) is 11.9. The van der Waals surface area contributed by atoms with Crippen LogP contribution in [0.1, 0.15) is 56.3 Å². The van der Waals surface area contributed by atoms with Crippen LogP contribution < -0.4 is 4.74 Å². The van der Waals surface area contributed by atoms with Crippen LogP contribution in [0, 0.1) is 5.92 Å². The van der Waals surface area contributed by atoms with E-state index in [1.165, 1.54) is 25.7 Å². The zero-order chi connectivity index (χ0) is 14.7. The van der Waals surface area contributed by atoms with E-state index in [4.69, 9.17) is 27.9 Å². The van der Waals surface area contributed by atoms with Gasteiger partial charge in [-0.3, -0.25) is 4.79 Å². The average molecular weight is 315 g/mol. The molecule has 1 aromatic rings. The Kier molecular flexibility index (Phi) is 5.34. The molecule has 1 aliphatic carbocycles. The molecule has 2 rings (SSSR count). The second kappa shape index (κ2) is 6.82. The molecular formula is C16H20Cl2O2. The lowest BCUT2D eigenvalue weighted by molar-refractivity contribution is 0.0988. The third-order valence-corrected chi connectivity index (χ3v) is 4.91. The van der Waals surface area contributed by atoms with E-state index in [-0.39, 0.29) is 11.9 Å². The number of benzene rings is 1. The topological polar surface area (TPSA) is 26.3 Å². The minimum atomic E-state index is -0.00714. The average Bonchev–Trinajstić information content (AvgIpc) is 2.97. The van der Waals surface area contributed by atoms with Crippen LogP contribution in [0.3, 0.4) is 0 Å². The molecule has 0 spiro atoms. The molecule has 110 valence electrons. The largest absolute Gasteiger partial charge is 0.489 e. The van der Waals surface area contributed by atoms with Crippen molar-refractivity contribution in [1.82, 2.24) is 0 Å². The Hall–Kier alpha value is -0.730. The first-order chi connectivity index (χ1) is 9.54. The molecule has 0 heterocycles. The van der Waals surface area contributed by atoms with Gasteiger partial charge in [0.1, 0.15) is 10.8 Å². The Morgan fingerprint density at radius 3 is 2.55 bits per heavy atom. The van der Waals surface area contributed by atoms with Crippen molar-refractivity contribution in [3.05, 3.63) is 27.7 Å². The summed E-state index contributed by atoms with van der Waals surface area (Å²) < 4.78 is 5.95. The number of ketones is 1. The van der Waals surface area contributed by atoms with E-state index in [0.29, 0.717) is 33.7 Å². The SMILES string of the molecule is CCC(=O)c1ccc(OC(C)C2CCCC2)c(Cl)c1Cl. The van der Waals surface area contributed by atoms with E-state index >= 15 is 0 Å². The third kappa shape index (κ3) is 3.29. The summed E-state index contributed by atoms with van der Waals surface area (Å²) in [6.45, 7) is 3.88. The standard InChI is InChI=1S/C16H20Cl2O2/c1-3-13(19)12-8-9-14(16(18)15(12)17)20-10(2)11-6-4-5-7-11/h8-11H,3-7H2,1-2H3. The first-order valence-corrected chi connectivity index (χ1v) is 7.98. The molecule has 4 heteroatoms. The molecule has 0 saturated heterocycles. The van der Waals surface area contributed by atoms with Gasteiger partial charge in [0.15, 0.2) is 5.78 Å². The van der Waals surface area contributed by atoms with Crippen LogP contribution in [-0.2, 0) is 0 Å².